The lowest BCUT2D eigenvalue weighted by Gasteiger charge is -2.48. The molecule has 33 heavy (non-hydrogen) atoms. The number of fused-ring (bicyclic) bond motifs is 2. The van der Waals surface area contributed by atoms with E-state index in [4.69, 9.17) is 19.6 Å². The summed E-state index contributed by atoms with van der Waals surface area (Å²) < 4.78 is 17.4. The second-order valence-electron chi connectivity index (χ2n) is 7.85. The largest absolute Gasteiger partial charge is 0.497 e. The molecule has 2 heterocycles. The molecule has 4 rings (SSSR count). The van der Waals surface area contributed by atoms with Gasteiger partial charge < -0.3 is 14.2 Å². The number of rotatable bonds is 4. The first-order chi connectivity index (χ1) is 15.8. The Bertz CT molecular complexity index is 1260. The smallest absolute Gasteiger partial charge is 0.269 e. The summed E-state index contributed by atoms with van der Waals surface area (Å²) in [5.74, 6) is -2.54. The van der Waals surface area contributed by atoms with Gasteiger partial charge in [0.25, 0.3) is 5.69 Å². The molecule has 0 amide bonds. The van der Waals surface area contributed by atoms with Crippen LogP contribution in [0.15, 0.2) is 48.5 Å². The average Bonchev–Trinajstić information content (AvgIpc) is 3.00. The lowest BCUT2D eigenvalue weighted by molar-refractivity contribution is -0.384. The molecule has 2 fully saturated rings. The number of non-ortho nitro benzene ring substituents is 1. The van der Waals surface area contributed by atoms with E-state index < -0.39 is 39.5 Å². The molecule has 0 spiro atoms. The fraction of sp³-hybridized carbons (Fsp3) is 0.304. The van der Waals surface area contributed by atoms with E-state index in [1.165, 1.54) is 31.4 Å². The van der Waals surface area contributed by atoms with Crippen molar-refractivity contribution in [2.45, 2.75) is 18.8 Å². The number of hydrogen-bond donors (Lipinski definition) is 1. The van der Waals surface area contributed by atoms with Gasteiger partial charge in [0.1, 0.15) is 11.9 Å². The predicted octanol–water partition coefficient (Wildman–Crippen LogP) is 3.71. The van der Waals surface area contributed by atoms with Crippen molar-refractivity contribution in [3.63, 3.8) is 0 Å². The van der Waals surface area contributed by atoms with E-state index in [9.17, 15) is 25.9 Å². The lowest BCUT2D eigenvalue weighted by atomic mass is 9.53. The van der Waals surface area contributed by atoms with Crippen LogP contribution in [0.1, 0.15) is 24.2 Å². The molecule has 2 saturated heterocycles. The third-order valence-corrected chi connectivity index (χ3v) is 6.57. The number of nitro benzene ring substituents is 1. The minimum Gasteiger partial charge on any atom is -0.497 e. The number of nitrogens with zero attached hydrogens (tertiary/aromatic N) is 4. The standard InChI is InChI=1S/C23H17N5O5/c1-14-22(13-26)20(27)33-23(14,16-5-9-18(31-2)10-6-16)32-19(21(22,11-24)12-25)15-3-7-17(8-4-15)28(29)30/h3-10,14,19,27H,1-2H3. The third kappa shape index (κ3) is 2.57. The van der Waals surface area contributed by atoms with E-state index in [1.807, 2.05) is 18.2 Å². The molecular weight excluding hydrogens is 426 g/mol. The molecule has 1 N–H and O–H groups in total. The molecule has 0 saturated carbocycles. The number of methoxy groups -OCH3 is 1. The van der Waals surface area contributed by atoms with Crippen LogP contribution in [-0.2, 0) is 15.3 Å². The molecule has 10 heteroatoms. The minimum absolute atomic E-state index is 0.186. The molecule has 2 aliphatic heterocycles. The molecule has 0 aromatic heterocycles. The number of ether oxygens (including phenoxy) is 3. The Balaban J connectivity index is 1.98. The van der Waals surface area contributed by atoms with Crippen molar-refractivity contribution in [1.29, 1.82) is 21.2 Å². The highest BCUT2D eigenvalue weighted by molar-refractivity contribution is 5.89. The summed E-state index contributed by atoms with van der Waals surface area (Å²) in [6.07, 6.45) is -1.34. The lowest BCUT2D eigenvalue weighted by Crippen LogP contribution is -2.57. The Morgan fingerprint density at radius 3 is 2.15 bits per heavy atom. The van der Waals surface area contributed by atoms with Crippen LogP contribution in [0.25, 0.3) is 0 Å². The van der Waals surface area contributed by atoms with Crippen LogP contribution in [0.4, 0.5) is 5.69 Å². The molecule has 10 nitrogen and oxygen atoms in total. The first kappa shape index (κ1) is 21.8. The van der Waals surface area contributed by atoms with Crippen LogP contribution in [0, 0.1) is 66.3 Å². The van der Waals surface area contributed by atoms with Crippen LogP contribution in [0.2, 0.25) is 0 Å². The number of benzene rings is 2. The first-order valence-electron chi connectivity index (χ1n) is 9.84. The van der Waals surface area contributed by atoms with E-state index in [-0.39, 0.29) is 11.3 Å². The van der Waals surface area contributed by atoms with E-state index in [1.54, 1.807) is 31.2 Å². The molecule has 2 aromatic carbocycles. The Morgan fingerprint density at radius 2 is 1.67 bits per heavy atom. The van der Waals surface area contributed by atoms with Crippen LogP contribution in [-0.4, -0.2) is 17.9 Å². The van der Waals surface area contributed by atoms with Gasteiger partial charge in [-0.05, 0) is 42.0 Å². The van der Waals surface area contributed by atoms with Crippen molar-refractivity contribution in [3.05, 3.63) is 69.8 Å². The van der Waals surface area contributed by atoms with Crippen LogP contribution in [0.5, 0.6) is 5.75 Å². The zero-order chi connectivity index (χ0) is 24.0. The first-order valence-corrected chi connectivity index (χ1v) is 9.84. The summed E-state index contributed by atoms with van der Waals surface area (Å²) in [6, 6.07) is 17.8. The van der Waals surface area contributed by atoms with Crippen molar-refractivity contribution in [2.24, 2.45) is 16.7 Å². The van der Waals surface area contributed by atoms with Gasteiger partial charge in [-0.1, -0.05) is 6.92 Å². The molecule has 0 aliphatic carbocycles. The Hall–Kier alpha value is -4.46. The molecule has 2 aromatic rings. The Labute approximate surface area is 188 Å². The van der Waals surface area contributed by atoms with Crippen molar-refractivity contribution < 1.29 is 19.1 Å². The van der Waals surface area contributed by atoms with Gasteiger partial charge in [-0.2, -0.15) is 15.8 Å². The normalized spacial score (nSPS) is 29.1. The van der Waals surface area contributed by atoms with Crippen molar-refractivity contribution >= 4 is 11.6 Å². The maximum absolute atomic E-state index is 11.1. The molecule has 2 aliphatic rings. The van der Waals surface area contributed by atoms with Gasteiger partial charge in [-0.15, -0.1) is 0 Å². The van der Waals surface area contributed by atoms with Gasteiger partial charge >= 0.3 is 0 Å². The predicted molar refractivity (Wildman–Crippen MR) is 111 cm³/mol. The summed E-state index contributed by atoms with van der Waals surface area (Å²) in [6.45, 7) is 1.60. The SMILES string of the molecule is COc1ccc(C23OC(=N)C(C#N)(C2C)C(C#N)(C#N)C(c2ccc([N+](=O)[O-])cc2)O3)cc1. The van der Waals surface area contributed by atoms with Gasteiger partial charge in [-0.25, -0.2) is 0 Å². The highest BCUT2D eigenvalue weighted by Gasteiger charge is 2.79. The molecule has 4 atom stereocenters. The van der Waals surface area contributed by atoms with E-state index in [0.29, 0.717) is 11.3 Å². The summed E-state index contributed by atoms with van der Waals surface area (Å²) in [4.78, 5) is 10.5. The van der Waals surface area contributed by atoms with Gasteiger partial charge in [0.15, 0.2) is 5.41 Å². The third-order valence-electron chi connectivity index (χ3n) is 6.57. The zero-order valence-corrected chi connectivity index (χ0v) is 17.6. The van der Waals surface area contributed by atoms with E-state index >= 15 is 0 Å². The summed E-state index contributed by atoms with van der Waals surface area (Å²) in [7, 11) is 1.51. The quantitative estimate of drug-likeness (QED) is 0.551. The average molecular weight is 443 g/mol. The van der Waals surface area contributed by atoms with E-state index in [2.05, 4.69) is 0 Å². The van der Waals surface area contributed by atoms with Crippen molar-refractivity contribution in [2.75, 3.05) is 7.11 Å². The van der Waals surface area contributed by atoms with Crippen LogP contribution < -0.4 is 4.74 Å². The monoisotopic (exact) mass is 443 g/mol. The molecule has 2 bridgehead atoms. The second-order valence-corrected chi connectivity index (χ2v) is 7.85. The fourth-order valence-corrected chi connectivity index (χ4v) is 4.76. The molecule has 0 radical (unpaired) electrons. The van der Waals surface area contributed by atoms with Crippen molar-refractivity contribution in [3.8, 4) is 24.0 Å². The maximum atomic E-state index is 11.1. The molecule has 164 valence electrons. The second kappa shape index (κ2) is 7.30. The Morgan fingerprint density at radius 1 is 1.06 bits per heavy atom. The van der Waals surface area contributed by atoms with Gasteiger partial charge in [0.05, 0.1) is 36.2 Å². The number of nitrogens with one attached hydrogen (secondary N) is 1. The van der Waals surface area contributed by atoms with Crippen molar-refractivity contribution in [1.82, 2.24) is 0 Å². The molecule has 4 unspecified atom stereocenters. The van der Waals surface area contributed by atoms with Gasteiger partial charge in [0.2, 0.25) is 17.1 Å². The zero-order valence-electron chi connectivity index (χ0n) is 17.6. The fourth-order valence-electron chi connectivity index (χ4n) is 4.76. The van der Waals surface area contributed by atoms with Gasteiger partial charge in [-0.3, -0.25) is 15.5 Å². The summed E-state index contributed by atoms with van der Waals surface area (Å²) >= 11 is 0. The number of hydrogen-bond acceptors (Lipinski definition) is 9. The molecular formula is C23H17N5O5. The topological polar surface area (TPSA) is 166 Å². The number of nitriles is 3. The number of nitro groups is 1. The van der Waals surface area contributed by atoms with E-state index in [0.717, 1.165) is 0 Å². The van der Waals surface area contributed by atoms with Crippen LogP contribution in [0.3, 0.4) is 0 Å². The van der Waals surface area contributed by atoms with Crippen LogP contribution >= 0.6 is 0 Å². The summed E-state index contributed by atoms with van der Waals surface area (Å²) in [5, 5.41) is 50.4. The highest BCUT2D eigenvalue weighted by atomic mass is 16.7. The minimum atomic E-state index is -2.15. The van der Waals surface area contributed by atoms with Gasteiger partial charge in [0, 0.05) is 17.7 Å². The summed E-state index contributed by atoms with van der Waals surface area (Å²) in [5.41, 5.74) is -3.56. The maximum Gasteiger partial charge on any atom is 0.269 e. The highest BCUT2D eigenvalue weighted by Crippen LogP contribution is 2.69. The Kier molecular flexibility index (Phi) is 4.82.